The summed E-state index contributed by atoms with van der Waals surface area (Å²) >= 11 is 0. The van der Waals surface area contributed by atoms with Crippen LogP contribution in [0.25, 0.3) is 0 Å². The van der Waals surface area contributed by atoms with Crippen LogP contribution in [0.5, 0.6) is 0 Å². The summed E-state index contributed by atoms with van der Waals surface area (Å²) in [6, 6.07) is 10.1. The first-order chi connectivity index (χ1) is 6.83. The Hall–Kier alpha value is -1.63. The topological polar surface area (TPSA) is 17.1 Å². The molecule has 1 heteroatoms. The molecular formula is C13H14O. The first-order valence-electron chi connectivity index (χ1n) is 4.70. The van der Waals surface area contributed by atoms with Crippen molar-refractivity contribution < 1.29 is 4.79 Å². The summed E-state index contributed by atoms with van der Waals surface area (Å²) in [7, 11) is 0. The number of benzene rings is 1. The van der Waals surface area contributed by atoms with Gasteiger partial charge >= 0.3 is 0 Å². The maximum absolute atomic E-state index is 11.1. The number of allylic oxidation sites excluding steroid dienone is 4. The molecule has 0 N–H and O–H groups in total. The second-order valence-corrected chi connectivity index (χ2v) is 2.99. The van der Waals surface area contributed by atoms with Gasteiger partial charge in [-0.1, -0.05) is 42.5 Å². The molecule has 1 rings (SSSR count). The third kappa shape index (κ3) is 3.85. The van der Waals surface area contributed by atoms with E-state index in [0.717, 1.165) is 6.42 Å². The van der Waals surface area contributed by atoms with Crippen molar-refractivity contribution in [2.24, 2.45) is 0 Å². The molecule has 0 aliphatic heterocycles. The molecule has 0 spiro atoms. The molecule has 0 radical (unpaired) electrons. The number of hydrogen-bond donors (Lipinski definition) is 0. The average Bonchev–Trinajstić information content (AvgIpc) is 2.20. The Morgan fingerprint density at radius 2 is 1.93 bits per heavy atom. The lowest BCUT2D eigenvalue weighted by molar-refractivity contribution is -0.110. The molecule has 1 nitrogen and oxygen atoms in total. The van der Waals surface area contributed by atoms with E-state index in [4.69, 9.17) is 0 Å². The monoisotopic (exact) mass is 186 g/mol. The molecule has 0 aromatic heterocycles. The number of carbonyl (C=O) groups excluding carboxylic acids is 1. The average molecular weight is 186 g/mol. The van der Waals surface area contributed by atoms with Gasteiger partial charge < -0.3 is 0 Å². The first-order valence-corrected chi connectivity index (χ1v) is 4.70. The molecule has 1 aromatic carbocycles. The minimum atomic E-state index is 0.0448. The van der Waals surface area contributed by atoms with Gasteiger partial charge in [-0.3, -0.25) is 4.79 Å². The van der Waals surface area contributed by atoms with E-state index in [0.29, 0.717) is 0 Å². The minimum Gasteiger partial charge on any atom is -0.290 e. The molecule has 0 saturated carbocycles. The summed E-state index contributed by atoms with van der Waals surface area (Å²) in [5, 5.41) is 0. The minimum absolute atomic E-state index is 0.0448. The normalized spacial score (nSPS) is 11.2. The highest BCUT2D eigenvalue weighted by molar-refractivity contribution is 5.99. The van der Waals surface area contributed by atoms with Crippen molar-refractivity contribution >= 4 is 5.78 Å². The van der Waals surface area contributed by atoms with Gasteiger partial charge in [-0.25, -0.2) is 0 Å². The maximum atomic E-state index is 11.1. The van der Waals surface area contributed by atoms with E-state index in [1.54, 1.807) is 18.2 Å². The molecule has 1 aromatic rings. The van der Waals surface area contributed by atoms with Crippen LogP contribution >= 0.6 is 0 Å². The summed E-state index contributed by atoms with van der Waals surface area (Å²) in [5.41, 5.74) is 1.22. The zero-order valence-electron chi connectivity index (χ0n) is 8.31. The predicted molar refractivity (Wildman–Crippen MR) is 59.1 cm³/mol. The fraction of sp³-hybridized carbons (Fsp3) is 0.154. The molecule has 0 unspecified atom stereocenters. The van der Waals surface area contributed by atoms with Crippen LogP contribution in [0.2, 0.25) is 0 Å². The lowest BCUT2D eigenvalue weighted by Crippen LogP contribution is -1.85. The van der Waals surface area contributed by atoms with Crippen molar-refractivity contribution in [2.45, 2.75) is 13.3 Å². The van der Waals surface area contributed by atoms with E-state index < -0.39 is 0 Å². The van der Waals surface area contributed by atoms with Gasteiger partial charge in [0.15, 0.2) is 5.78 Å². The Morgan fingerprint density at radius 1 is 1.21 bits per heavy atom. The van der Waals surface area contributed by atoms with E-state index >= 15 is 0 Å². The van der Waals surface area contributed by atoms with E-state index in [9.17, 15) is 4.79 Å². The van der Waals surface area contributed by atoms with E-state index in [1.165, 1.54) is 5.56 Å². The summed E-state index contributed by atoms with van der Waals surface area (Å²) < 4.78 is 0. The number of rotatable bonds is 4. The lowest BCUT2D eigenvalue weighted by atomic mass is 10.1. The van der Waals surface area contributed by atoms with E-state index in [2.05, 4.69) is 0 Å². The Morgan fingerprint density at radius 3 is 2.57 bits per heavy atom. The van der Waals surface area contributed by atoms with Gasteiger partial charge in [0.2, 0.25) is 0 Å². The zero-order chi connectivity index (χ0) is 10.2. The van der Waals surface area contributed by atoms with Gasteiger partial charge in [0.1, 0.15) is 0 Å². The molecule has 0 saturated heterocycles. The van der Waals surface area contributed by atoms with Crippen molar-refractivity contribution in [1.82, 2.24) is 0 Å². The van der Waals surface area contributed by atoms with Crippen molar-refractivity contribution in [3.8, 4) is 0 Å². The van der Waals surface area contributed by atoms with Gasteiger partial charge in [0.25, 0.3) is 0 Å². The molecule has 0 amide bonds. The Bertz CT molecular complexity index is 334. The van der Waals surface area contributed by atoms with Crippen LogP contribution in [0.1, 0.15) is 12.5 Å². The highest BCUT2D eigenvalue weighted by Crippen LogP contribution is 1.99. The molecule has 0 heterocycles. The van der Waals surface area contributed by atoms with E-state index in [1.807, 2.05) is 43.3 Å². The second-order valence-electron chi connectivity index (χ2n) is 2.99. The van der Waals surface area contributed by atoms with Crippen molar-refractivity contribution in [2.75, 3.05) is 0 Å². The maximum Gasteiger partial charge on any atom is 0.178 e. The third-order valence-corrected chi connectivity index (χ3v) is 1.81. The summed E-state index contributed by atoms with van der Waals surface area (Å²) in [5.74, 6) is 0.0448. The first kappa shape index (κ1) is 10.5. The molecule has 0 atom stereocenters. The predicted octanol–water partition coefficient (Wildman–Crippen LogP) is 2.93. The second kappa shape index (κ2) is 5.92. The van der Waals surface area contributed by atoms with Crippen molar-refractivity contribution in [3.63, 3.8) is 0 Å². The molecular weight excluding hydrogens is 172 g/mol. The number of hydrogen-bond acceptors (Lipinski definition) is 1. The third-order valence-electron chi connectivity index (χ3n) is 1.81. The van der Waals surface area contributed by atoms with Crippen molar-refractivity contribution in [1.29, 1.82) is 0 Å². The van der Waals surface area contributed by atoms with Gasteiger partial charge in [-0.15, -0.1) is 0 Å². The quantitative estimate of drug-likeness (QED) is 0.661. The molecule has 72 valence electrons. The van der Waals surface area contributed by atoms with Crippen LogP contribution in [0.15, 0.2) is 54.6 Å². The van der Waals surface area contributed by atoms with E-state index in [-0.39, 0.29) is 5.78 Å². The smallest absolute Gasteiger partial charge is 0.178 e. The zero-order valence-corrected chi connectivity index (χ0v) is 8.31. The Labute approximate surface area is 84.8 Å². The van der Waals surface area contributed by atoms with Gasteiger partial charge in [0, 0.05) is 0 Å². The fourth-order valence-corrected chi connectivity index (χ4v) is 1.15. The summed E-state index contributed by atoms with van der Waals surface area (Å²) in [4.78, 5) is 11.1. The number of ketones is 1. The fourth-order valence-electron chi connectivity index (χ4n) is 1.15. The molecule has 0 aliphatic rings. The SMILES string of the molecule is C/C=C/C(=O)/C=C/Cc1ccccc1. The Kier molecular flexibility index (Phi) is 4.42. The largest absolute Gasteiger partial charge is 0.290 e. The molecule has 0 fully saturated rings. The van der Waals surface area contributed by atoms with Gasteiger partial charge in [0.05, 0.1) is 0 Å². The highest BCUT2D eigenvalue weighted by Gasteiger charge is 1.88. The number of carbonyl (C=O) groups is 1. The lowest BCUT2D eigenvalue weighted by Gasteiger charge is -1.92. The summed E-state index contributed by atoms with van der Waals surface area (Å²) in [6.45, 7) is 1.84. The van der Waals surface area contributed by atoms with Crippen molar-refractivity contribution in [3.05, 3.63) is 60.2 Å². The summed E-state index contributed by atoms with van der Waals surface area (Å²) in [6.07, 6.45) is 7.60. The van der Waals surface area contributed by atoms with Crippen LogP contribution in [-0.2, 0) is 11.2 Å². The highest BCUT2D eigenvalue weighted by atomic mass is 16.1. The van der Waals surface area contributed by atoms with Crippen LogP contribution in [-0.4, -0.2) is 5.78 Å². The van der Waals surface area contributed by atoms with Crippen LogP contribution < -0.4 is 0 Å². The van der Waals surface area contributed by atoms with Crippen LogP contribution in [0.4, 0.5) is 0 Å². The van der Waals surface area contributed by atoms with Crippen LogP contribution in [0.3, 0.4) is 0 Å². The van der Waals surface area contributed by atoms with Gasteiger partial charge in [-0.05, 0) is 31.1 Å². The standard InChI is InChI=1S/C13H14O/c1-2-7-13(14)11-6-10-12-8-4-3-5-9-12/h2-9,11H,10H2,1H3/b7-2+,11-6+. The molecule has 14 heavy (non-hydrogen) atoms. The molecule has 0 bridgehead atoms. The van der Waals surface area contributed by atoms with Gasteiger partial charge in [-0.2, -0.15) is 0 Å². The Balaban J connectivity index is 2.45. The molecule has 0 aliphatic carbocycles. The van der Waals surface area contributed by atoms with Crippen LogP contribution in [0, 0.1) is 0 Å².